The SMILES string of the molecule is CC(NCC(Cl)=CCl)c1ccc(F)cc1. The van der Waals surface area contributed by atoms with E-state index in [9.17, 15) is 4.39 Å². The fraction of sp³-hybridized carbons (Fsp3) is 0.273. The predicted molar refractivity (Wildman–Crippen MR) is 62.6 cm³/mol. The van der Waals surface area contributed by atoms with E-state index in [0.717, 1.165) is 5.56 Å². The molecule has 0 saturated carbocycles. The second kappa shape index (κ2) is 6.11. The molecule has 1 N–H and O–H groups in total. The van der Waals surface area contributed by atoms with Crippen LogP contribution in [0, 0.1) is 5.82 Å². The Morgan fingerprint density at radius 3 is 2.60 bits per heavy atom. The molecule has 0 radical (unpaired) electrons. The summed E-state index contributed by atoms with van der Waals surface area (Å²) in [4.78, 5) is 0. The van der Waals surface area contributed by atoms with Gasteiger partial charge < -0.3 is 5.32 Å². The van der Waals surface area contributed by atoms with Crippen molar-refractivity contribution in [1.82, 2.24) is 5.32 Å². The molecule has 1 atom stereocenters. The summed E-state index contributed by atoms with van der Waals surface area (Å²) in [6.45, 7) is 2.48. The largest absolute Gasteiger partial charge is 0.305 e. The van der Waals surface area contributed by atoms with Crippen LogP contribution in [0.2, 0.25) is 0 Å². The Balaban J connectivity index is 2.53. The number of benzene rings is 1. The summed E-state index contributed by atoms with van der Waals surface area (Å²) < 4.78 is 12.7. The molecule has 0 fully saturated rings. The highest BCUT2D eigenvalue weighted by atomic mass is 35.5. The topological polar surface area (TPSA) is 12.0 Å². The van der Waals surface area contributed by atoms with Gasteiger partial charge in [-0.2, -0.15) is 0 Å². The van der Waals surface area contributed by atoms with Gasteiger partial charge in [-0.1, -0.05) is 35.3 Å². The van der Waals surface area contributed by atoms with E-state index in [2.05, 4.69) is 5.32 Å². The minimum atomic E-state index is -0.232. The van der Waals surface area contributed by atoms with Crippen LogP contribution in [-0.4, -0.2) is 6.54 Å². The van der Waals surface area contributed by atoms with Gasteiger partial charge in [-0.15, -0.1) is 0 Å². The summed E-state index contributed by atoms with van der Waals surface area (Å²) in [6, 6.07) is 6.46. The number of rotatable bonds is 4. The smallest absolute Gasteiger partial charge is 0.123 e. The third-order valence-corrected chi connectivity index (χ3v) is 2.68. The van der Waals surface area contributed by atoms with E-state index in [1.807, 2.05) is 6.92 Å². The van der Waals surface area contributed by atoms with Gasteiger partial charge >= 0.3 is 0 Å². The molecule has 0 amide bonds. The summed E-state index contributed by atoms with van der Waals surface area (Å²) in [5, 5.41) is 3.71. The van der Waals surface area contributed by atoms with Gasteiger partial charge in [-0.3, -0.25) is 0 Å². The molecule has 0 saturated heterocycles. The molecule has 0 aliphatic carbocycles. The Morgan fingerprint density at radius 1 is 1.47 bits per heavy atom. The first-order chi connectivity index (χ1) is 7.13. The summed E-state index contributed by atoms with van der Waals surface area (Å²) in [6.07, 6.45) is 0. The van der Waals surface area contributed by atoms with Gasteiger partial charge in [-0.25, -0.2) is 4.39 Å². The van der Waals surface area contributed by atoms with Gasteiger partial charge in [0.15, 0.2) is 0 Å². The zero-order chi connectivity index (χ0) is 11.3. The maximum atomic E-state index is 12.7. The molecule has 4 heteroatoms. The molecular formula is C11H12Cl2FN. The normalized spacial score (nSPS) is 14.0. The third kappa shape index (κ3) is 4.20. The number of hydrogen-bond donors (Lipinski definition) is 1. The van der Waals surface area contributed by atoms with Crippen molar-refractivity contribution in [3.05, 3.63) is 46.2 Å². The van der Waals surface area contributed by atoms with Crippen molar-refractivity contribution >= 4 is 23.2 Å². The Morgan fingerprint density at radius 2 is 2.07 bits per heavy atom. The third-order valence-electron chi connectivity index (χ3n) is 2.07. The maximum absolute atomic E-state index is 12.7. The first-order valence-corrected chi connectivity index (χ1v) is 5.38. The number of hydrogen-bond acceptors (Lipinski definition) is 1. The van der Waals surface area contributed by atoms with Gasteiger partial charge in [0.05, 0.1) is 0 Å². The van der Waals surface area contributed by atoms with Gasteiger partial charge in [0.2, 0.25) is 0 Å². The quantitative estimate of drug-likeness (QED) is 0.854. The Bertz CT molecular complexity index is 335. The lowest BCUT2D eigenvalue weighted by Crippen LogP contribution is -2.19. The molecule has 0 bridgehead atoms. The van der Waals surface area contributed by atoms with Crippen molar-refractivity contribution in [2.24, 2.45) is 0 Å². The highest BCUT2D eigenvalue weighted by molar-refractivity contribution is 6.36. The summed E-state index contributed by atoms with van der Waals surface area (Å²) in [5.74, 6) is -0.232. The van der Waals surface area contributed by atoms with Crippen molar-refractivity contribution in [1.29, 1.82) is 0 Å². The van der Waals surface area contributed by atoms with Crippen molar-refractivity contribution in [2.75, 3.05) is 6.54 Å². The lowest BCUT2D eigenvalue weighted by atomic mass is 10.1. The molecule has 1 rings (SSSR count). The van der Waals surface area contributed by atoms with Gasteiger partial charge in [0, 0.05) is 23.2 Å². The molecule has 0 spiro atoms. The molecule has 0 heterocycles. The first kappa shape index (κ1) is 12.5. The van der Waals surface area contributed by atoms with Crippen LogP contribution in [0.25, 0.3) is 0 Å². The van der Waals surface area contributed by atoms with E-state index in [-0.39, 0.29) is 11.9 Å². The maximum Gasteiger partial charge on any atom is 0.123 e. The number of nitrogens with one attached hydrogen (secondary N) is 1. The average Bonchev–Trinajstić information content (AvgIpc) is 2.26. The van der Waals surface area contributed by atoms with E-state index in [1.54, 1.807) is 12.1 Å². The van der Waals surface area contributed by atoms with E-state index in [4.69, 9.17) is 23.2 Å². The fourth-order valence-electron chi connectivity index (χ4n) is 1.16. The first-order valence-electron chi connectivity index (χ1n) is 4.57. The van der Waals surface area contributed by atoms with Gasteiger partial charge in [0.25, 0.3) is 0 Å². The molecule has 1 aromatic rings. The predicted octanol–water partition coefficient (Wildman–Crippen LogP) is 3.80. The summed E-state index contributed by atoms with van der Waals surface area (Å²) in [7, 11) is 0. The molecule has 1 nitrogen and oxygen atoms in total. The lowest BCUT2D eigenvalue weighted by Gasteiger charge is -2.13. The monoisotopic (exact) mass is 247 g/mol. The van der Waals surface area contributed by atoms with Crippen molar-refractivity contribution < 1.29 is 4.39 Å². The van der Waals surface area contributed by atoms with E-state index >= 15 is 0 Å². The highest BCUT2D eigenvalue weighted by Gasteiger charge is 2.04. The Labute approximate surface area is 98.9 Å². The van der Waals surface area contributed by atoms with Crippen molar-refractivity contribution in [3.63, 3.8) is 0 Å². The molecular weight excluding hydrogens is 236 g/mol. The molecule has 0 aliphatic heterocycles. The molecule has 1 unspecified atom stereocenters. The molecule has 82 valence electrons. The van der Waals surface area contributed by atoms with Crippen LogP contribution in [0.3, 0.4) is 0 Å². The van der Waals surface area contributed by atoms with Crippen molar-refractivity contribution in [3.8, 4) is 0 Å². The van der Waals surface area contributed by atoms with Gasteiger partial charge in [0.1, 0.15) is 5.82 Å². The van der Waals surface area contributed by atoms with Gasteiger partial charge in [-0.05, 0) is 24.6 Å². The Hall–Kier alpha value is -0.570. The van der Waals surface area contributed by atoms with E-state index in [1.165, 1.54) is 17.7 Å². The second-order valence-corrected chi connectivity index (χ2v) is 3.91. The van der Waals surface area contributed by atoms with Crippen molar-refractivity contribution in [2.45, 2.75) is 13.0 Å². The molecule has 0 aromatic heterocycles. The fourth-order valence-corrected chi connectivity index (χ4v) is 1.31. The van der Waals surface area contributed by atoms with Crippen LogP contribution < -0.4 is 5.32 Å². The van der Waals surface area contributed by atoms with Crippen LogP contribution in [0.5, 0.6) is 0 Å². The summed E-state index contributed by atoms with van der Waals surface area (Å²) >= 11 is 11.1. The standard InChI is InChI=1S/C11H12Cl2FN/c1-8(15-7-10(13)6-12)9-2-4-11(14)5-3-9/h2-6,8,15H,7H2,1H3. The average molecular weight is 248 g/mol. The van der Waals surface area contributed by atoms with Crippen LogP contribution in [0.1, 0.15) is 18.5 Å². The zero-order valence-electron chi connectivity index (χ0n) is 8.31. The van der Waals surface area contributed by atoms with Crippen LogP contribution >= 0.6 is 23.2 Å². The van der Waals surface area contributed by atoms with Crippen LogP contribution in [0.15, 0.2) is 34.8 Å². The van der Waals surface area contributed by atoms with Crippen LogP contribution in [0.4, 0.5) is 4.39 Å². The van der Waals surface area contributed by atoms with E-state index in [0.29, 0.717) is 11.6 Å². The zero-order valence-corrected chi connectivity index (χ0v) is 9.82. The highest BCUT2D eigenvalue weighted by Crippen LogP contribution is 2.13. The van der Waals surface area contributed by atoms with E-state index < -0.39 is 0 Å². The lowest BCUT2D eigenvalue weighted by molar-refractivity contribution is 0.603. The molecule has 1 aromatic carbocycles. The minimum Gasteiger partial charge on any atom is -0.305 e. The Kier molecular flexibility index (Phi) is 5.09. The molecule has 0 aliphatic rings. The minimum absolute atomic E-state index is 0.107. The van der Waals surface area contributed by atoms with Crippen LogP contribution in [-0.2, 0) is 0 Å². The second-order valence-electron chi connectivity index (χ2n) is 3.21. The number of halogens is 3. The molecule has 15 heavy (non-hydrogen) atoms. The summed E-state index contributed by atoms with van der Waals surface area (Å²) in [5.41, 5.74) is 2.34.